The Hall–Kier alpha value is -2.29. The quantitative estimate of drug-likeness (QED) is 0.0195. The lowest BCUT2D eigenvalue weighted by molar-refractivity contribution is -0.870. The number of unbranched alkanes of at least 4 members (excludes halogenated alkanes) is 39. The first-order chi connectivity index (χ1) is 39.0. The Labute approximate surface area is 496 Å². The molecule has 0 aromatic heterocycles. The van der Waals surface area contributed by atoms with Gasteiger partial charge in [-0.25, -0.2) is 0 Å². The fourth-order valence-electron chi connectivity index (χ4n) is 9.86. The number of carbonyl (C=O) groups excluding carboxylic acids is 2. The summed E-state index contributed by atoms with van der Waals surface area (Å²) in [7, 11) is 1.17. The van der Waals surface area contributed by atoms with E-state index in [0.29, 0.717) is 17.4 Å². The summed E-state index contributed by atoms with van der Waals surface area (Å²) in [6.07, 6.45) is 80.1. The Balaban J connectivity index is 4.04. The van der Waals surface area contributed by atoms with Crippen LogP contribution in [0.2, 0.25) is 0 Å². The van der Waals surface area contributed by atoms with E-state index in [-0.39, 0.29) is 32.0 Å². The SMILES string of the molecule is CC/C=C\C/C=C\C/C=C\C/C=C\C/C=C\CCCCCCCCCCCCCC(=O)OC(COC(=O)CCCCCCCCCCCCCCCCCCCCCCCCCCCCCCC)COP(=O)([O-])OCC[N+](C)(C)C. The van der Waals surface area contributed by atoms with E-state index in [4.69, 9.17) is 18.5 Å². The summed E-state index contributed by atoms with van der Waals surface area (Å²) >= 11 is 0. The number of esters is 2. The summed E-state index contributed by atoms with van der Waals surface area (Å²) in [5.74, 6) is -0.823. The van der Waals surface area contributed by atoms with Crippen molar-refractivity contribution >= 4 is 19.8 Å². The molecule has 0 heterocycles. The highest BCUT2D eigenvalue weighted by molar-refractivity contribution is 7.45. The predicted molar refractivity (Wildman–Crippen MR) is 342 cm³/mol. The molecule has 0 aromatic rings. The monoisotopic (exact) mass is 1140 g/mol. The molecule has 0 saturated heterocycles. The molecule has 0 N–H and O–H groups in total. The number of quaternary nitrogens is 1. The third kappa shape index (κ3) is 64.9. The molecule has 0 rings (SSSR count). The average Bonchev–Trinajstić information content (AvgIpc) is 3.42. The van der Waals surface area contributed by atoms with Crippen molar-refractivity contribution in [1.82, 2.24) is 0 Å². The van der Waals surface area contributed by atoms with Crippen molar-refractivity contribution in [2.75, 3.05) is 47.5 Å². The third-order valence-electron chi connectivity index (χ3n) is 15.1. The molecule has 0 saturated carbocycles. The molecule has 468 valence electrons. The zero-order valence-corrected chi connectivity index (χ0v) is 54.2. The van der Waals surface area contributed by atoms with Gasteiger partial charge in [-0.15, -0.1) is 0 Å². The van der Waals surface area contributed by atoms with Gasteiger partial charge in [-0.05, 0) is 57.8 Å². The van der Waals surface area contributed by atoms with Crippen molar-refractivity contribution < 1.29 is 42.1 Å². The highest BCUT2D eigenvalue weighted by atomic mass is 31.2. The third-order valence-corrected chi connectivity index (χ3v) is 16.0. The van der Waals surface area contributed by atoms with Crippen LogP contribution in [-0.4, -0.2) is 70.0 Å². The van der Waals surface area contributed by atoms with Gasteiger partial charge in [0.2, 0.25) is 0 Å². The van der Waals surface area contributed by atoms with Crippen LogP contribution in [0.15, 0.2) is 60.8 Å². The number of hydrogen-bond donors (Lipinski definition) is 0. The minimum atomic E-state index is -4.64. The van der Waals surface area contributed by atoms with Crippen LogP contribution in [-0.2, 0) is 32.7 Å². The van der Waals surface area contributed by atoms with Crippen LogP contribution in [0.3, 0.4) is 0 Å². The number of nitrogens with zero attached hydrogens (tertiary/aromatic N) is 1. The minimum Gasteiger partial charge on any atom is -0.756 e. The second kappa shape index (κ2) is 61.3. The lowest BCUT2D eigenvalue weighted by atomic mass is 10.0. The van der Waals surface area contributed by atoms with E-state index < -0.39 is 26.5 Å². The van der Waals surface area contributed by atoms with Crippen LogP contribution >= 0.6 is 7.82 Å². The minimum absolute atomic E-state index is 0.0314. The van der Waals surface area contributed by atoms with Gasteiger partial charge in [0.25, 0.3) is 7.82 Å². The molecule has 0 fully saturated rings. The lowest BCUT2D eigenvalue weighted by Crippen LogP contribution is -2.37. The molecular weight excluding hydrogens is 1010 g/mol. The maximum Gasteiger partial charge on any atom is 0.306 e. The average molecular weight is 1140 g/mol. The maximum atomic E-state index is 12.8. The topological polar surface area (TPSA) is 111 Å². The van der Waals surface area contributed by atoms with Crippen molar-refractivity contribution in [1.29, 1.82) is 0 Å². The van der Waals surface area contributed by atoms with E-state index in [0.717, 1.165) is 77.0 Å². The Morgan fingerprint density at radius 1 is 0.400 bits per heavy atom. The zero-order chi connectivity index (χ0) is 58.4. The standard InChI is InChI=1S/C70H130NO8P/c1-6-8-10-12-14-16-18-20-22-24-26-28-30-32-34-35-37-38-40-42-44-46-48-50-52-54-56-58-60-62-69(72)76-66-68(67-78-80(74,75)77-65-64-71(3,4)5)79-70(73)63-61-59-57-55-53-51-49-47-45-43-41-39-36-33-31-29-27-25-23-21-19-17-15-13-11-9-7-2/h9,11,15,17,21,23,27,29,33,36,68H,6-8,10,12-14,16,18-20,22,24-26,28,30-32,34-35,37-67H2,1-5H3/b11-9-,17-15-,23-21-,29-27-,36-33-. The van der Waals surface area contributed by atoms with E-state index in [9.17, 15) is 19.0 Å². The number of phosphoric acid groups is 1. The number of rotatable bonds is 63. The van der Waals surface area contributed by atoms with E-state index >= 15 is 0 Å². The van der Waals surface area contributed by atoms with Gasteiger partial charge in [-0.3, -0.25) is 14.2 Å². The summed E-state index contributed by atoms with van der Waals surface area (Å²) in [6.45, 7) is 4.18. The highest BCUT2D eigenvalue weighted by Crippen LogP contribution is 2.38. The van der Waals surface area contributed by atoms with Crippen LogP contribution in [0.25, 0.3) is 0 Å². The van der Waals surface area contributed by atoms with Crippen molar-refractivity contribution in [3.05, 3.63) is 60.8 Å². The molecule has 0 spiro atoms. The Morgan fingerprint density at radius 3 is 1.06 bits per heavy atom. The summed E-state index contributed by atoms with van der Waals surface area (Å²) in [6, 6.07) is 0. The van der Waals surface area contributed by atoms with Crippen molar-refractivity contribution in [2.45, 2.75) is 328 Å². The van der Waals surface area contributed by atoms with Gasteiger partial charge in [0.1, 0.15) is 19.8 Å². The number of carbonyl (C=O) groups is 2. The number of phosphoric ester groups is 1. The zero-order valence-electron chi connectivity index (χ0n) is 53.3. The van der Waals surface area contributed by atoms with Crippen LogP contribution in [0.1, 0.15) is 322 Å². The largest absolute Gasteiger partial charge is 0.756 e. The molecule has 0 bridgehead atoms. The first-order valence-electron chi connectivity index (χ1n) is 34.0. The summed E-state index contributed by atoms with van der Waals surface area (Å²) < 4.78 is 34.3. The van der Waals surface area contributed by atoms with Gasteiger partial charge in [0, 0.05) is 12.8 Å². The molecule has 0 radical (unpaired) electrons. The number of hydrogen-bond acceptors (Lipinski definition) is 8. The van der Waals surface area contributed by atoms with Crippen molar-refractivity contribution in [3.8, 4) is 0 Å². The maximum absolute atomic E-state index is 12.8. The van der Waals surface area contributed by atoms with E-state index in [1.807, 2.05) is 21.1 Å². The Bertz CT molecular complexity index is 1530. The molecule has 0 aromatic carbocycles. The molecule has 10 heteroatoms. The van der Waals surface area contributed by atoms with E-state index in [2.05, 4.69) is 74.6 Å². The van der Waals surface area contributed by atoms with Gasteiger partial charge in [-0.1, -0.05) is 312 Å². The number of ether oxygens (including phenoxy) is 2. The first-order valence-corrected chi connectivity index (χ1v) is 35.5. The summed E-state index contributed by atoms with van der Waals surface area (Å²) in [5.41, 5.74) is 0. The molecule has 0 aliphatic rings. The van der Waals surface area contributed by atoms with Crippen molar-refractivity contribution in [3.63, 3.8) is 0 Å². The van der Waals surface area contributed by atoms with Gasteiger partial charge in [-0.2, -0.15) is 0 Å². The van der Waals surface area contributed by atoms with Crippen LogP contribution in [0.4, 0.5) is 0 Å². The normalized spacial score (nSPS) is 13.5. The van der Waals surface area contributed by atoms with Gasteiger partial charge < -0.3 is 27.9 Å². The molecular formula is C70H130NO8P. The number of allylic oxidation sites excluding steroid dienone is 10. The van der Waals surface area contributed by atoms with Crippen molar-refractivity contribution in [2.24, 2.45) is 0 Å². The second-order valence-corrected chi connectivity index (χ2v) is 25.6. The van der Waals surface area contributed by atoms with Gasteiger partial charge in [0.15, 0.2) is 6.10 Å². The Morgan fingerprint density at radius 2 is 0.713 bits per heavy atom. The van der Waals surface area contributed by atoms with E-state index in [1.165, 1.54) is 212 Å². The smallest absolute Gasteiger partial charge is 0.306 e. The Kier molecular flexibility index (Phi) is 59.5. The molecule has 0 aliphatic heterocycles. The van der Waals surface area contributed by atoms with Crippen LogP contribution in [0, 0.1) is 0 Å². The first kappa shape index (κ1) is 77.7. The second-order valence-electron chi connectivity index (χ2n) is 24.2. The summed E-state index contributed by atoms with van der Waals surface area (Å²) in [5, 5.41) is 0. The molecule has 2 unspecified atom stereocenters. The molecule has 0 amide bonds. The van der Waals surface area contributed by atoms with E-state index in [1.54, 1.807) is 0 Å². The predicted octanol–water partition coefficient (Wildman–Crippen LogP) is 21.2. The fraction of sp³-hybridized carbons (Fsp3) is 0.829. The van der Waals surface area contributed by atoms with Gasteiger partial charge >= 0.3 is 11.9 Å². The van der Waals surface area contributed by atoms with Crippen LogP contribution in [0.5, 0.6) is 0 Å². The molecule has 2 atom stereocenters. The van der Waals surface area contributed by atoms with Crippen LogP contribution < -0.4 is 4.89 Å². The lowest BCUT2D eigenvalue weighted by Gasteiger charge is -2.28. The van der Waals surface area contributed by atoms with Gasteiger partial charge in [0.05, 0.1) is 27.7 Å². The number of likely N-dealkylation sites (N-methyl/N-ethyl adjacent to an activating group) is 1. The summed E-state index contributed by atoms with van der Waals surface area (Å²) in [4.78, 5) is 38.0. The molecule has 0 aliphatic carbocycles. The highest BCUT2D eigenvalue weighted by Gasteiger charge is 2.22. The fourth-order valence-corrected chi connectivity index (χ4v) is 10.6. The molecule has 80 heavy (non-hydrogen) atoms. The molecule has 9 nitrogen and oxygen atoms in total.